The van der Waals surface area contributed by atoms with Crippen molar-refractivity contribution in [3.8, 4) is 11.5 Å². The largest absolute Gasteiger partial charge is 0.493 e. The lowest BCUT2D eigenvalue weighted by molar-refractivity contribution is -0.130. The van der Waals surface area contributed by atoms with Gasteiger partial charge in [-0.25, -0.2) is 5.01 Å². The highest BCUT2D eigenvalue weighted by Crippen LogP contribution is 2.38. The van der Waals surface area contributed by atoms with Gasteiger partial charge >= 0.3 is 0 Å². The molecule has 0 aliphatic carbocycles. The van der Waals surface area contributed by atoms with Gasteiger partial charge in [0.25, 0.3) is 5.91 Å². The molecule has 32 heavy (non-hydrogen) atoms. The fourth-order valence-electron chi connectivity index (χ4n) is 3.37. The number of halogens is 1. The molecule has 3 aromatic rings. The first-order valence-corrected chi connectivity index (χ1v) is 12.2. The molecule has 4 rings (SSSR count). The maximum atomic E-state index is 13.2. The Morgan fingerprint density at radius 1 is 1.22 bits per heavy atom. The Bertz CT molecular complexity index is 1170. The first kappa shape index (κ1) is 22.6. The molecule has 0 saturated carbocycles. The number of hydrazone groups is 1. The summed E-state index contributed by atoms with van der Waals surface area (Å²) in [6, 6.07) is 13.3. The highest BCUT2D eigenvalue weighted by atomic mass is 79.9. The molecule has 2 N–H and O–H groups in total. The van der Waals surface area contributed by atoms with Crippen LogP contribution < -0.4 is 15.2 Å². The van der Waals surface area contributed by atoms with E-state index in [-0.39, 0.29) is 17.7 Å². The first-order chi connectivity index (χ1) is 15.5. The molecule has 0 saturated heterocycles. The molecule has 2 heterocycles. The summed E-state index contributed by atoms with van der Waals surface area (Å²) in [5.74, 6) is 1.28. The van der Waals surface area contributed by atoms with Crippen molar-refractivity contribution in [2.75, 3.05) is 25.7 Å². The lowest BCUT2D eigenvalue weighted by Crippen LogP contribution is -2.28. The van der Waals surface area contributed by atoms with Gasteiger partial charge in [-0.15, -0.1) is 10.2 Å². The van der Waals surface area contributed by atoms with E-state index in [9.17, 15) is 4.79 Å². The van der Waals surface area contributed by atoms with Crippen LogP contribution in [-0.2, 0) is 4.79 Å². The van der Waals surface area contributed by atoms with E-state index in [0.717, 1.165) is 21.3 Å². The standard InChI is InChI=1S/C21H20BrN5O3S2/c1-29-17-7-6-13(9-18(17)30-2)16-10-15(12-4-3-5-14(22)8-12)26-27(16)19(28)11-31-21-25-24-20(23)32-21/h3-9,16H,10-11H2,1-2H3,(H2,23,24). The number of hydrogen-bond acceptors (Lipinski definition) is 9. The van der Waals surface area contributed by atoms with E-state index in [1.54, 1.807) is 19.2 Å². The Morgan fingerprint density at radius 2 is 2.03 bits per heavy atom. The van der Waals surface area contributed by atoms with Crippen LogP contribution in [0.3, 0.4) is 0 Å². The topological polar surface area (TPSA) is 103 Å². The van der Waals surface area contributed by atoms with Gasteiger partial charge in [0.1, 0.15) is 0 Å². The number of methoxy groups -OCH3 is 2. The highest BCUT2D eigenvalue weighted by molar-refractivity contribution is 9.10. The lowest BCUT2D eigenvalue weighted by atomic mass is 9.98. The zero-order valence-corrected chi connectivity index (χ0v) is 20.5. The molecule has 11 heteroatoms. The molecule has 1 aliphatic rings. The molecule has 0 radical (unpaired) electrons. The number of thioether (sulfide) groups is 1. The molecular formula is C21H20BrN5O3S2. The second-order valence-electron chi connectivity index (χ2n) is 6.82. The molecule has 0 spiro atoms. The second-order valence-corrected chi connectivity index (χ2v) is 9.97. The van der Waals surface area contributed by atoms with Crippen LogP contribution in [0.1, 0.15) is 23.6 Å². The molecule has 1 aromatic heterocycles. The molecule has 0 bridgehead atoms. The summed E-state index contributed by atoms with van der Waals surface area (Å²) >= 11 is 6.06. The van der Waals surface area contributed by atoms with Crippen LogP contribution in [0.15, 0.2) is 56.4 Å². The highest BCUT2D eigenvalue weighted by Gasteiger charge is 2.33. The Hall–Kier alpha value is -2.63. The van der Waals surface area contributed by atoms with E-state index in [1.165, 1.54) is 23.1 Å². The van der Waals surface area contributed by atoms with Crippen LogP contribution in [0.25, 0.3) is 0 Å². The van der Waals surface area contributed by atoms with E-state index in [0.29, 0.717) is 27.4 Å². The number of nitrogen functional groups attached to an aromatic ring is 1. The zero-order valence-electron chi connectivity index (χ0n) is 17.3. The summed E-state index contributed by atoms with van der Waals surface area (Å²) in [5.41, 5.74) is 8.35. The summed E-state index contributed by atoms with van der Waals surface area (Å²) in [6.07, 6.45) is 0.577. The molecule has 1 atom stereocenters. The smallest absolute Gasteiger partial charge is 0.253 e. The SMILES string of the molecule is COc1ccc(C2CC(c3cccc(Br)c3)=NN2C(=O)CSc2nnc(N)s2)cc1OC. The number of aromatic nitrogens is 2. The first-order valence-electron chi connectivity index (χ1n) is 9.57. The molecule has 1 aliphatic heterocycles. The number of nitrogens with two attached hydrogens (primary N) is 1. The molecule has 1 amide bonds. The molecule has 166 valence electrons. The number of hydrogen-bond donors (Lipinski definition) is 1. The number of amides is 1. The number of rotatable bonds is 7. The van der Waals surface area contributed by atoms with E-state index >= 15 is 0 Å². The van der Waals surface area contributed by atoms with Crippen molar-refractivity contribution in [2.24, 2.45) is 5.10 Å². The van der Waals surface area contributed by atoms with E-state index < -0.39 is 0 Å². The molecule has 0 fully saturated rings. The fraction of sp³-hybridized carbons (Fsp3) is 0.238. The van der Waals surface area contributed by atoms with Crippen molar-refractivity contribution in [1.29, 1.82) is 0 Å². The summed E-state index contributed by atoms with van der Waals surface area (Å²) in [6.45, 7) is 0. The monoisotopic (exact) mass is 533 g/mol. The number of ether oxygens (including phenoxy) is 2. The van der Waals surface area contributed by atoms with Crippen molar-refractivity contribution in [1.82, 2.24) is 15.2 Å². The summed E-state index contributed by atoms with van der Waals surface area (Å²) in [4.78, 5) is 13.2. The van der Waals surface area contributed by atoms with Crippen LogP contribution >= 0.6 is 39.0 Å². The van der Waals surface area contributed by atoms with Gasteiger partial charge in [-0.3, -0.25) is 4.79 Å². The molecule has 1 unspecified atom stereocenters. The van der Waals surface area contributed by atoms with Crippen molar-refractivity contribution >= 4 is 55.8 Å². The lowest BCUT2D eigenvalue weighted by Gasteiger charge is -2.22. The van der Waals surface area contributed by atoms with Crippen molar-refractivity contribution in [3.63, 3.8) is 0 Å². The van der Waals surface area contributed by atoms with E-state index in [2.05, 4.69) is 26.1 Å². The number of carbonyl (C=O) groups excluding carboxylic acids is 1. The minimum atomic E-state index is -0.267. The fourth-order valence-corrected chi connectivity index (χ4v) is 5.26. The third-order valence-electron chi connectivity index (χ3n) is 4.86. The average Bonchev–Trinajstić information content (AvgIpc) is 3.43. The Balaban J connectivity index is 1.63. The van der Waals surface area contributed by atoms with Gasteiger partial charge in [-0.2, -0.15) is 5.10 Å². The molecule has 2 aromatic carbocycles. The van der Waals surface area contributed by atoms with Gasteiger partial charge in [0.05, 0.1) is 31.7 Å². The predicted octanol–water partition coefficient (Wildman–Crippen LogP) is 4.37. The van der Waals surface area contributed by atoms with E-state index in [1.807, 2.05) is 42.5 Å². The Kier molecular flexibility index (Phi) is 6.97. The Labute approximate surface area is 201 Å². The normalized spacial score (nSPS) is 15.5. The summed E-state index contributed by atoms with van der Waals surface area (Å²) < 4.78 is 12.4. The minimum Gasteiger partial charge on any atom is -0.493 e. The maximum Gasteiger partial charge on any atom is 0.253 e. The number of carbonyl (C=O) groups is 1. The predicted molar refractivity (Wildman–Crippen MR) is 129 cm³/mol. The van der Waals surface area contributed by atoms with E-state index in [4.69, 9.17) is 20.3 Å². The van der Waals surface area contributed by atoms with Crippen LogP contribution in [0.2, 0.25) is 0 Å². The summed E-state index contributed by atoms with van der Waals surface area (Å²) in [5, 5.41) is 14.4. The van der Waals surface area contributed by atoms with Crippen LogP contribution in [0.5, 0.6) is 11.5 Å². The van der Waals surface area contributed by atoms with Gasteiger partial charge in [0.15, 0.2) is 15.8 Å². The number of anilines is 1. The third kappa shape index (κ3) is 4.89. The zero-order chi connectivity index (χ0) is 22.7. The van der Waals surface area contributed by atoms with Crippen LogP contribution in [-0.4, -0.2) is 46.8 Å². The molecule has 8 nitrogen and oxygen atoms in total. The van der Waals surface area contributed by atoms with Crippen LogP contribution in [0, 0.1) is 0 Å². The van der Waals surface area contributed by atoms with Gasteiger partial charge < -0.3 is 15.2 Å². The van der Waals surface area contributed by atoms with Gasteiger partial charge in [0.2, 0.25) is 5.13 Å². The van der Waals surface area contributed by atoms with Crippen molar-refractivity contribution in [2.45, 2.75) is 16.8 Å². The minimum absolute atomic E-state index is 0.131. The number of nitrogens with zero attached hydrogens (tertiary/aromatic N) is 4. The van der Waals surface area contributed by atoms with Crippen LogP contribution in [0.4, 0.5) is 5.13 Å². The third-order valence-corrected chi connectivity index (χ3v) is 7.22. The van der Waals surface area contributed by atoms with Crippen molar-refractivity contribution < 1.29 is 14.3 Å². The average molecular weight is 534 g/mol. The van der Waals surface area contributed by atoms with Gasteiger partial charge in [-0.05, 0) is 35.4 Å². The quantitative estimate of drug-likeness (QED) is 0.449. The maximum absolute atomic E-state index is 13.2. The van der Waals surface area contributed by atoms with Gasteiger partial charge in [-0.1, -0.05) is 57.2 Å². The Morgan fingerprint density at radius 3 is 2.72 bits per heavy atom. The number of benzene rings is 2. The second kappa shape index (κ2) is 9.88. The van der Waals surface area contributed by atoms with Crippen molar-refractivity contribution in [3.05, 3.63) is 58.1 Å². The summed E-state index contributed by atoms with van der Waals surface area (Å²) in [7, 11) is 3.18. The molecular weight excluding hydrogens is 514 g/mol. The van der Waals surface area contributed by atoms with Gasteiger partial charge in [0, 0.05) is 10.9 Å².